The van der Waals surface area contributed by atoms with Crippen molar-refractivity contribution in [3.8, 4) is 22.6 Å². The minimum Gasteiger partial charge on any atom is -0.457 e. The average Bonchev–Trinajstić information content (AvgIpc) is 3.55. The molecule has 0 saturated heterocycles. The van der Waals surface area contributed by atoms with Gasteiger partial charge in [-0.3, -0.25) is 0 Å². The third-order valence-corrected chi connectivity index (χ3v) is 12.6. The summed E-state index contributed by atoms with van der Waals surface area (Å²) in [6, 6.07) is 75.7. The molecule has 2 aliphatic carbocycles. The topological polar surface area (TPSA) is 9.23 Å². The van der Waals surface area contributed by atoms with Gasteiger partial charge in [0.25, 0.3) is 0 Å². The van der Waals surface area contributed by atoms with E-state index in [0.29, 0.717) is 0 Å². The van der Waals surface area contributed by atoms with Crippen LogP contribution < -0.4 is 15.2 Å². The second kappa shape index (κ2) is 12.4. The molecule has 0 amide bonds. The molecule has 1 heteroatoms. The quantitative estimate of drug-likeness (QED) is 0.173. The van der Waals surface area contributed by atoms with Crippen LogP contribution in [-0.2, 0) is 10.8 Å². The van der Waals surface area contributed by atoms with E-state index in [9.17, 15) is 0 Å². The van der Waals surface area contributed by atoms with Crippen LogP contribution in [0.25, 0.3) is 23.3 Å². The van der Waals surface area contributed by atoms with Gasteiger partial charge in [-0.2, -0.15) is 0 Å². The van der Waals surface area contributed by atoms with Crippen LogP contribution in [-0.4, -0.2) is 0 Å². The van der Waals surface area contributed by atoms with Gasteiger partial charge in [0.1, 0.15) is 11.5 Å². The first-order chi connectivity index (χ1) is 27.3. The molecule has 1 aliphatic heterocycles. The van der Waals surface area contributed by atoms with Crippen molar-refractivity contribution in [1.29, 1.82) is 0 Å². The first-order valence-corrected chi connectivity index (χ1v) is 19.3. The van der Waals surface area contributed by atoms with Crippen molar-refractivity contribution >= 4 is 12.2 Å². The maximum Gasteiger partial charge on any atom is 0.132 e. The summed E-state index contributed by atoms with van der Waals surface area (Å²) in [4.78, 5) is 0. The summed E-state index contributed by atoms with van der Waals surface area (Å²) in [5.74, 6) is 2.28. The van der Waals surface area contributed by atoms with Gasteiger partial charge in [-0.25, -0.2) is 0 Å². The van der Waals surface area contributed by atoms with Gasteiger partial charge in [0.2, 0.25) is 0 Å². The van der Waals surface area contributed by atoms with E-state index in [4.69, 9.17) is 4.74 Å². The van der Waals surface area contributed by atoms with E-state index >= 15 is 0 Å². The maximum absolute atomic E-state index is 6.72. The second-order valence-corrected chi connectivity index (χ2v) is 15.1. The summed E-state index contributed by atoms with van der Waals surface area (Å²) in [5, 5.41) is 2.63. The molecule has 8 aromatic rings. The van der Waals surface area contributed by atoms with Crippen molar-refractivity contribution in [2.45, 2.75) is 16.7 Å². The molecule has 1 heterocycles. The van der Waals surface area contributed by atoms with Crippen LogP contribution in [0.3, 0.4) is 0 Å². The molecule has 11 rings (SSSR count). The van der Waals surface area contributed by atoms with Crippen molar-refractivity contribution < 1.29 is 4.74 Å². The first kappa shape index (κ1) is 31.8. The molecule has 0 radical (unpaired) electrons. The fourth-order valence-electron chi connectivity index (χ4n) is 10.3. The van der Waals surface area contributed by atoms with Crippen molar-refractivity contribution in [1.82, 2.24) is 0 Å². The molecule has 0 N–H and O–H groups in total. The zero-order valence-corrected chi connectivity index (χ0v) is 30.3. The Hall–Kier alpha value is -6.70. The van der Waals surface area contributed by atoms with Crippen LogP contribution in [0.1, 0.15) is 50.4 Å². The summed E-state index contributed by atoms with van der Waals surface area (Å²) in [7, 11) is 0. The normalized spacial score (nSPS) is 19.6. The van der Waals surface area contributed by atoms with Crippen molar-refractivity contribution in [3.63, 3.8) is 0 Å². The Morgan fingerprint density at radius 3 is 1.56 bits per heavy atom. The molecule has 3 atom stereocenters. The Morgan fingerprint density at radius 1 is 0.364 bits per heavy atom. The van der Waals surface area contributed by atoms with E-state index in [-0.39, 0.29) is 17.3 Å². The predicted molar refractivity (Wildman–Crippen MR) is 224 cm³/mol. The van der Waals surface area contributed by atoms with Gasteiger partial charge in [-0.05, 0) is 73.1 Å². The molecule has 0 spiro atoms. The van der Waals surface area contributed by atoms with Crippen LogP contribution in [0.4, 0.5) is 0 Å². The molecule has 1 nitrogen and oxygen atoms in total. The molecule has 0 aromatic heterocycles. The van der Waals surface area contributed by atoms with Gasteiger partial charge in [0.05, 0.1) is 10.8 Å². The number of para-hydroxylation sites is 1. The van der Waals surface area contributed by atoms with E-state index in [1.54, 1.807) is 0 Å². The molecule has 0 bridgehead atoms. The van der Waals surface area contributed by atoms with Gasteiger partial charge >= 0.3 is 0 Å². The van der Waals surface area contributed by atoms with Gasteiger partial charge in [0, 0.05) is 23.0 Å². The Balaban J connectivity index is 1.10. The largest absolute Gasteiger partial charge is 0.457 e. The molecule has 3 aliphatic rings. The zero-order valence-electron chi connectivity index (χ0n) is 30.3. The Labute approximate surface area is 322 Å². The third-order valence-electron chi connectivity index (χ3n) is 12.6. The van der Waals surface area contributed by atoms with Crippen molar-refractivity contribution in [2.75, 3.05) is 0 Å². The fourth-order valence-corrected chi connectivity index (χ4v) is 10.3. The highest BCUT2D eigenvalue weighted by Gasteiger charge is 2.53. The molecule has 0 saturated carbocycles. The van der Waals surface area contributed by atoms with E-state index < -0.39 is 5.41 Å². The molecule has 260 valence electrons. The molecular formula is C54H38O. The SMILES string of the molecule is C1=c2ccccc2=CC2C1c1ccccc1C2(c1ccccc1)c1ccc(-c2ccc3c(c2)C(c2ccccc2)(c2ccccc2)c2ccccc2O3)cc1. The van der Waals surface area contributed by atoms with Gasteiger partial charge < -0.3 is 4.74 Å². The smallest absolute Gasteiger partial charge is 0.132 e. The van der Waals surface area contributed by atoms with Crippen molar-refractivity contribution in [2.24, 2.45) is 5.92 Å². The molecule has 55 heavy (non-hydrogen) atoms. The minimum atomic E-state index is -0.563. The summed E-state index contributed by atoms with van der Waals surface area (Å²) in [6.07, 6.45) is 5.06. The lowest BCUT2D eigenvalue weighted by atomic mass is 9.62. The van der Waals surface area contributed by atoms with Gasteiger partial charge in [-0.15, -0.1) is 0 Å². The van der Waals surface area contributed by atoms with Crippen molar-refractivity contribution in [3.05, 3.63) is 261 Å². The number of fused-ring (bicyclic) bond motifs is 6. The van der Waals surface area contributed by atoms with E-state index in [1.165, 1.54) is 49.4 Å². The molecular weight excluding hydrogens is 665 g/mol. The lowest BCUT2D eigenvalue weighted by molar-refractivity contribution is 0.434. The van der Waals surface area contributed by atoms with Crippen LogP contribution in [0.2, 0.25) is 0 Å². The Bertz CT molecular complexity index is 2800. The highest BCUT2D eigenvalue weighted by atomic mass is 16.5. The number of hydrogen-bond donors (Lipinski definition) is 0. The Kier molecular flexibility index (Phi) is 7.19. The highest BCUT2D eigenvalue weighted by molar-refractivity contribution is 5.76. The minimum absolute atomic E-state index is 0.228. The third kappa shape index (κ3) is 4.60. The highest BCUT2D eigenvalue weighted by Crippen LogP contribution is 2.60. The zero-order chi connectivity index (χ0) is 36.4. The predicted octanol–water partition coefficient (Wildman–Crippen LogP) is 11.2. The first-order valence-electron chi connectivity index (χ1n) is 19.3. The number of benzene rings is 8. The van der Waals surface area contributed by atoms with Crippen LogP contribution in [0, 0.1) is 5.92 Å². The summed E-state index contributed by atoms with van der Waals surface area (Å²) in [5.41, 5.74) is 11.6. The molecule has 0 fully saturated rings. The van der Waals surface area contributed by atoms with Crippen LogP contribution in [0.15, 0.2) is 206 Å². The van der Waals surface area contributed by atoms with Gasteiger partial charge in [0.15, 0.2) is 0 Å². The second-order valence-electron chi connectivity index (χ2n) is 15.1. The number of ether oxygens (including phenoxy) is 1. The monoisotopic (exact) mass is 702 g/mol. The summed E-state index contributed by atoms with van der Waals surface area (Å²) < 4.78 is 6.72. The number of hydrogen-bond acceptors (Lipinski definition) is 1. The molecule has 3 unspecified atom stereocenters. The van der Waals surface area contributed by atoms with E-state index in [2.05, 4.69) is 218 Å². The average molecular weight is 703 g/mol. The lowest BCUT2D eigenvalue weighted by Crippen LogP contribution is -2.39. The molecule has 8 aromatic carbocycles. The van der Waals surface area contributed by atoms with E-state index in [1.807, 2.05) is 0 Å². The fraction of sp³-hybridized carbons (Fsp3) is 0.0741. The summed E-state index contributed by atoms with van der Waals surface area (Å²) in [6.45, 7) is 0. The van der Waals surface area contributed by atoms with Gasteiger partial charge in [-0.1, -0.05) is 200 Å². The van der Waals surface area contributed by atoms with E-state index in [0.717, 1.165) is 28.2 Å². The standard InChI is InChI=1S/C54H38O/c1-4-18-41(19-5-1)53(47-25-13-12-24-45(47)46-34-38-16-10-11-17-39(38)35-49(46)53)44-31-28-37(29-32-44)40-30-33-52-50(36-40)54(42-20-6-2-7-21-42,43-22-8-3-9-23-43)48-26-14-15-27-51(48)55-52/h1-36,46,49H. The maximum atomic E-state index is 6.72. The lowest BCUT2D eigenvalue weighted by Gasteiger charge is -2.41. The Morgan fingerprint density at radius 2 is 0.873 bits per heavy atom. The number of rotatable bonds is 5. The summed E-state index contributed by atoms with van der Waals surface area (Å²) >= 11 is 0. The van der Waals surface area contributed by atoms with Crippen LogP contribution in [0.5, 0.6) is 11.5 Å². The van der Waals surface area contributed by atoms with Crippen LogP contribution >= 0.6 is 0 Å².